The standard InChI is InChI=1S/C27H34O3/c1-20(11-16-25-22(3)10-7-18-27(25,4)5)8-6-9-21(2)17-19-30-24-14-12-23(13-15-24)26(28)29/h6,8-9,11-17H,7,10,18-19H2,1-5H3,(H,28,29). The van der Waals surface area contributed by atoms with Gasteiger partial charge in [-0.05, 0) is 81.4 Å². The number of ether oxygens (including phenoxy) is 1. The highest BCUT2D eigenvalue weighted by atomic mass is 16.5. The number of rotatable bonds is 8. The Balaban J connectivity index is 1.88. The summed E-state index contributed by atoms with van der Waals surface area (Å²) in [6.45, 7) is 11.5. The van der Waals surface area contributed by atoms with Crippen molar-refractivity contribution in [2.24, 2.45) is 5.41 Å². The van der Waals surface area contributed by atoms with Crippen molar-refractivity contribution in [1.29, 1.82) is 0 Å². The number of aromatic carboxylic acids is 1. The molecule has 0 heterocycles. The van der Waals surface area contributed by atoms with E-state index in [1.54, 1.807) is 24.3 Å². The molecule has 1 aromatic carbocycles. The van der Waals surface area contributed by atoms with Crippen LogP contribution in [0.1, 0.15) is 64.2 Å². The second-order valence-electron chi connectivity index (χ2n) is 8.62. The number of benzene rings is 1. The predicted octanol–water partition coefficient (Wildman–Crippen LogP) is 7.30. The molecule has 3 nitrogen and oxygen atoms in total. The van der Waals surface area contributed by atoms with Crippen molar-refractivity contribution in [3.63, 3.8) is 0 Å². The average Bonchev–Trinajstić information content (AvgIpc) is 2.67. The number of carbonyl (C=O) groups is 1. The van der Waals surface area contributed by atoms with Crippen molar-refractivity contribution < 1.29 is 14.6 Å². The van der Waals surface area contributed by atoms with Crippen LogP contribution in [-0.4, -0.2) is 17.7 Å². The van der Waals surface area contributed by atoms with Gasteiger partial charge in [-0.25, -0.2) is 4.79 Å². The number of carboxylic acids is 1. The lowest BCUT2D eigenvalue weighted by Gasteiger charge is -2.32. The fourth-order valence-corrected chi connectivity index (χ4v) is 3.66. The smallest absolute Gasteiger partial charge is 0.335 e. The van der Waals surface area contributed by atoms with Gasteiger partial charge in [0, 0.05) is 0 Å². The molecule has 0 spiro atoms. The molecule has 0 amide bonds. The molecule has 0 unspecified atom stereocenters. The van der Waals surface area contributed by atoms with Crippen LogP contribution in [-0.2, 0) is 0 Å². The molecule has 1 N–H and O–H groups in total. The van der Waals surface area contributed by atoms with Crippen LogP contribution in [0.25, 0.3) is 0 Å². The van der Waals surface area contributed by atoms with E-state index in [1.165, 1.54) is 36.0 Å². The van der Waals surface area contributed by atoms with Crippen LogP contribution in [0.15, 0.2) is 83.0 Å². The van der Waals surface area contributed by atoms with E-state index in [-0.39, 0.29) is 11.0 Å². The Morgan fingerprint density at radius 1 is 1.13 bits per heavy atom. The van der Waals surface area contributed by atoms with Crippen LogP contribution >= 0.6 is 0 Å². The highest BCUT2D eigenvalue weighted by molar-refractivity contribution is 5.87. The first-order valence-electron chi connectivity index (χ1n) is 10.6. The molecule has 3 heteroatoms. The lowest BCUT2D eigenvalue weighted by Crippen LogP contribution is -2.19. The summed E-state index contributed by atoms with van der Waals surface area (Å²) in [5.41, 5.74) is 5.85. The van der Waals surface area contributed by atoms with Gasteiger partial charge < -0.3 is 9.84 Å². The van der Waals surface area contributed by atoms with Crippen LogP contribution < -0.4 is 4.74 Å². The van der Waals surface area contributed by atoms with Gasteiger partial charge in [0.25, 0.3) is 0 Å². The molecule has 0 saturated carbocycles. The summed E-state index contributed by atoms with van der Waals surface area (Å²) in [5, 5.41) is 8.91. The zero-order valence-electron chi connectivity index (χ0n) is 18.9. The molecule has 2 rings (SSSR count). The second-order valence-corrected chi connectivity index (χ2v) is 8.62. The number of hydrogen-bond acceptors (Lipinski definition) is 2. The van der Waals surface area contributed by atoms with E-state index in [0.29, 0.717) is 12.4 Å². The normalized spacial score (nSPS) is 17.8. The quantitative estimate of drug-likeness (QED) is 0.461. The molecular weight excluding hydrogens is 372 g/mol. The molecular formula is C27H34O3. The Kier molecular flexibility index (Phi) is 8.46. The third-order valence-electron chi connectivity index (χ3n) is 5.53. The maximum Gasteiger partial charge on any atom is 0.335 e. The molecule has 1 aliphatic rings. The van der Waals surface area contributed by atoms with E-state index in [9.17, 15) is 4.79 Å². The van der Waals surface area contributed by atoms with Gasteiger partial charge >= 0.3 is 5.97 Å². The molecule has 0 atom stereocenters. The summed E-state index contributed by atoms with van der Waals surface area (Å²) >= 11 is 0. The van der Waals surface area contributed by atoms with Crippen LogP contribution in [0.3, 0.4) is 0 Å². The van der Waals surface area contributed by atoms with E-state index in [1.807, 2.05) is 13.0 Å². The third-order valence-corrected chi connectivity index (χ3v) is 5.53. The first kappa shape index (κ1) is 23.5. The zero-order chi connectivity index (χ0) is 22.1. The molecule has 1 aromatic rings. The van der Waals surface area contributed by atoms with Gasteiger partial charge in [-0.1, -0.05) is 60.9 Å². The van der Waals surface area contributed by atoms with Gasteiger partial charge in [-0.3, -0.25) is 0 Å². The van der Waals surface area contributed by atoms with Crippen LogP contribution in [0, 0.1) is 5.41 Å². The third kappa shape index (κ3) is 7.22. The lowest BCUT2D eigenvalue weighted by molar-refractivity contribution is 0.0697. The van der Waals surface area contributed by atoms with E-state index < -0.39 is 5.97 Å². The molecule has 0 saturated heterocycles. The number of hydrogen-bond donors (Lipinski definition) is 1. The van der Waals surface area contributed by atoms with E-state index in [2.05, 4.69) is 58.1 Å². The van der Waals surface area contributed by atoms with Crippen molar-refractivity contribution in [2.45, 2.75) is 53.9 Å². The van der Waals surface area contributed by atoms with Crippen molar-refractivity contribution in [2.75, 3.05) is 6.61 Å². The van der Waals surface area contributed by atoms with E-state index in [0.717, 1.165) is 5.57 Å². The lowest BCUT2D eigenvalue weighted by atomic mass is 9.72. The molecule has 0 bridgehead atoms. The summed E-state index contributed by atoms with van der Waals surface area (Å²) in [4.78, 5) is 10.9. The number of allylic oxidation sites excluding steroid dienone is 9. The summed E-state index contributed by atoms with van der Waals surface area (Å²) in [6, 6.07) is 6.43. The van der Waals surface area contributed by atoms with Crippen LogP contribution in [0.4, 0.5) is 0 Å². The molecule has 0 fully saturated rings. The maximum absolute atomic E-state index is 10.9. The van der Waals surface area contributed by atoms with E-state index >= 15 is 0 Å². The average molecular weight is 407 g/mol. The van der Waals surface area contributed by atoms with Gasteiger partial charge in [-0.2, -0.15) is 0 Å². The van der Waals surface area contributed by atoms with Gasteiger partial charge in [0.15, 0.2) is 0 Å². The monoisotopic (exact) mass is 406 g/mol. The SMILES string of the molecule is CC(C=CC1=C(C)CCCC1(C)C)=CC=CC(C)=CCOc1ccc(C(=O)O)cc1. The highest BCUT2D eigenvalue weighted by Crippen LogP contribution is 2.40. The molecule has 160 valence electrons. The van der Waals surface area contributed by atoms with Gasteiger partial charge in [0.1, 0.15) is 12.4 Å². The first-order chi connectivity index (χ1) is 14.2. The fourth-order valence-electron chi connectivity index (χ4n) is 3.66. The predicted molar refractivity (Wildman–Crippen MR) is 125 cm³/mol. The van der Waals surface area contributed by atoms with Crippen LogP contribution in [0.5, 0.6) is 5.75 Å². The minimum Gasteiger partial charge on any atom is -0.490 e. The fraction of sp³-hybridized carbons (Fsp3) is 0.370. The topological polar surface area (TPSA) is 46.5 Å². The Hall–Kier alpha value is -2.81. The first-order valence-corrected chi connectivity index (χ1v) is 10.6. The van der Waals surface area contributed by atoms with Crippen molar-refractivity contribution in [1.82, 2.24) is 0 Å². The summed E-state index contributed by atoms with van der Waals surface area (Å²) in [6.07, 6.45) is 16.5. The Morgan fingerprint density at radius 3 is 2.47 bits per heavy atom. The maximum atomic E-state index is 10.9. The van der Waals surface area contributed by atoms with Gasteiger partial charge in [-0.15, -0.1) is 0 Å². The molecule has 1 aliphatic carbocycles. The van der Waals surface area contributed by atoms with E-state index in [4.69, 9.17) is 9.84 Å². The molecule has 30 heavy (non-hydrogen) atoms. The summed E-state index contributed by atoms with van der Waals surface area (Å²) < 4.78 is 5.64. The van der Waals surface area contributed by atoms with Crippen molar-refractivity contribution in [3.8, 4) is 5.75 Å². The molecule has 0 aliphatic heterocycles. The second kappa shape index (κ2) is 10.8. The summed E-state index contributed by atoms with van der Waals surface area (Å²) in [5.74, 6) is -0.279. The largest absolute Gasteiger partial charge is 0.490 e. The van der Waals surface area contributed by atoms with Gasteiger partial charge in [0.05, 0.1) is 5.56 Å². The Morgan fingerprint density at radius 2 is 1.83 bits per heavy atom. The van der Waals surface area contributed by atoms with Crippen LogP contribution in [0.2, 0.25) is 0 Å². The minimum absolute atomic E-state index is 0.256. The summed E-state index contributed by atoms with van der Waals surface area (Å²) in [7, 11) is 0. The minimum atomic E-state index is -0.935. The van der Waals surface area contributed by atoms with Gasteiger partial charge in [0.2, 0.25) is 0 Å². The van der Waals surface area contributed by atoms with Crippen molar-refractivity contribution >= 4 is 5.97 Å². The molecule has 0 aromatic heterocycles. The number of carboxylic acid groups (broad SMARTS) is 1. The molecule has 0 radical (unpaired) electrons. The Labute approximate surface area is 181 Å². The Bertz CT molecular complexity index is 891. The highest BCUT2D eigenvalue weighted by Gasteiger charge is 2.26. The van der Waals surface area contributed by atoms with Crippen molar-refractivity contribution in [3.05, 3.63) is 88.6 Å². The zero-order valence-corrected chi connectivity index (χ0v) is 18.9.